The standard InChI is InChI=1S/C35H46N4O4/c1-2-3-4-10-27(40)19-28(41)13-11-24-12-14-32(42)33(17-24)43-23-39-21-29-30(20-38-31(29)22-39)35(15-5-6-16-35)26-9-7-8-25(18-26)34(36)37/h7-9,12,14,17-18,20,22,27,34,40,42H,2-6,10-11,13,15-16,19,21,23,36-37H2,1H3. The number of phenols is 1. The third kappa shape index (κ3) is 7.20. The molecule has 2 aromatic rings. The molecule has 2 aromatic carbocycles. The number of aryl methyl sites for hydroxylation is 1. The summed E-state index contributed by atoms with van der Waals surface area (Å²) in [6, 6.07) is 13.6. The predicted molar refractivity (Wildman–Crippen MR) is 170 cm³/mol. The van der Waals surface area contributed by atoms with E-state index in [2.05, 4.69) is 30.0 Å². The number of allylic oxidation sites excluding steroid dienone is 1. The Kier molecular flexibility index (Phi) is 10.0. The van der Waals surface area contributed by atoms with E-state index in [1.54, 1.807) is 12.1 Å². The Morgan fingerprint density at radius 1 is 1.14 bits per heavy atom. The van der Waals surface area contributed by atoms with Crippen LogP contribution in [0.1, 0.15) is 94.0 Å². The highest BCUT2D eigenvalue weighted by molar-refractivity contribution is 5.90. The minimum Gasteiger partial charge on any atom is -0.504 e. The first-order valence-electron chi connectivity index (χ1n) is 15.8. The topological polar surface area (TPSA) is 134 Å². The molecule has 8 heteroatoms. The first-order valence-corrected chi connectivity index (χ1v) is 15.8. The zero-order chi connectivity index (χ0) is 30.4. The van der Waals surface area contributed by atoms with Gasteiger partial charge >= 0.3 is 0 Å². The molecule has 0 radical (unpaired) electrons. The molecule has 6 N–H and O–H groups in total. The average molecular weight is 587 g/mol. The number of aliphatic hydroxyl groups excluding tert-OH is 1. The van der Waals surface area contributed by atoms with Crippen LogP contribution in [0.3, 0.4) is 0 Å². The molecule has 0 aromatic heterocycles. The number of aliphatic hydroxyl groups is 1. The van der Waals surface area contributed by atoms with E-state index in [9.17, 15) is 15.0 Å². The highest BCUT2D eigenvalue weighted by atomic mass is 16.5. The second-order valence-corrected chi connectivity index (χ2v) is 12.3. The van der Waals surface area contributed by atoms with Crippen molar-refractivity contribution in [2.75, 3.05) is 13.3 Å². The van der Waals surface area contributed by atoms with Crippen molar-refractivity contribution in [3.05, 3.63) is 82.2 Å². The number of rotatable bonds is 15. The molecule has 230 valence electrons. The fourth-order valence-corrected chi connectivity index (χ4v) is 6.72. The number of phenolic OH excluding ortho intramolecular Hbond substituents is 1. The number of Topliss-reactive ketones (excluding diaryl/α,β-unsaturated/α-hetero) is 1. The number of carbonyl (C=O) groups is 1. The van der Waals surface area contributed by atoms with Crippen LogP contribution >= 0.6 is 0 Å². The number of ether oxygens (including phenoxy) is 1. The molecule has 1 saturated carbocycles. The fourth-order valence-electron chi connectivity index (χ4n) is 6.72. The number of fused-ring (bicyclic) bond motifs is 1. The minimum absolute atomic E-state index is 0.0528. The molecule has 5 rings (SSSR count). The minimum atomic E-state index is -0.565. The van der Waals surface area contributed by atoms with Gasteiger partial charge in [0.2, 0.25) is 0 Å². The molecule has 1 aliphatic carbocycles. The van der Waals surface area contributed by atoms with Gasteiger partial charge in [-0.3, -0.25) is 9.79 Å². The predicted octanol–water partition coefficient (Wildman–Crippen LogP) is 5.53. The number of hydrogen-bond donors (Lipinski definition) is 4. The van der Waals surface area contributed by atoms with Crippen molar-refractivity contribution < 1.29 is 19.7 Å². The van der Waals surface area contributed by atoms with E-state index in [-0.39, 0.29) is 30.1 Å². The summed E-state index contributed by atoms with van der Waals surface area (Å²) in [5, 5.41) is 20.6. The lowest BCUT2D eigenvalue weighted by molar-refractivity contribution is -0.121. The summed E-state index contributed by atoms with van der Waals surface area (Å²) < 4.78 is 6.07. The van der Waals surface area contributed by atoms with Gasteiger partial charge in [-0.05, 0) is 60.1 Å². The first kappa shape index (κ1) is 31.0. The Hall–Kier alpha value is -3.46. The van der Waals surface area contributed by atoms with Gasteiger partial charge in [0.25, 0.3) is 0 Å². The van der Waals surface area contributed by atoms with Gasteiger partial charge in [0.05, 0.1) is 18.0 Å². The Bertz CT molecular complexity index is 1390. The quantitative estimate of drug-likeness (QED) is 0.159. The number of hydrogen-bond acceptors (Lipinski definition) is 8. The number of nitrogens with zero attached hydrogens (tertiary/aromatic N) is 2. The molecular weight excluding hydrogens is 540 g/mol. The fraction of sp³-hybridized carbons (Fsp3) is 0.486. The van der Waals surface area contributed by atoms with Crippen LogP contribution in [0.15, 0.2) is 70.5 Å². The molecular formula is C35H46N4O4. The highest BCUT2D eigenvalue weighted by Crippen LogP contribution is 2.50. The van der Waals surface area contributed by atoms with Crippen LogP contribution in [-0.2, 0) is 16.6 Å². The molecule has 1 fully saturated rings. The summed E-state index contributed by atoms with van der Waals surface area (Å²) in [6.07, 6.45) is 12.3. The van der Waals surface area contributed by atoms with E-state index in [0.29, 0.717) is 31.6 Å². The van der Waals surface area contributed by atoms with Crippen molar-refractivity contribution in [3.63, 3.8) is 0 Å². The highest BCUT2D eigenvalue weighted by Gasteiger charge is 2.43. The number of nitrogens with two attached hydrogens (primary N) is 2. The summed E-state index contributed by atoms with van der Waals surface area (Å²) in [4.78, 5) is 19.3. The van der Waals surface area contributed by atoms with E-state index in [1.165, 1.54) is 16.7 Å². The van der Waals surface area contributed by atoms with Gasteiger partial charge in [-0.15, -0.1) is 0 Å². The molecule has 1 unspecified atom stereocenters. The normalized spacial score (nSPS) is 18.0. The maximum atomic E-state index is 12.4. The van der Waals surface area contributed by atoms with E-state index in [4.69, 9.17) is 21.2 Å². The molecule has 0 amide bonds. The van der Waals surface area contributed by atoms with Crippen LogP contribution in [-0.4, -0.2) is 46.5 Å². The third-order valence-electron chi connectivity index (χ3n) is 9.14. The lowest BCUT2D eigenvalue weighted by Gasteiger charge is -2.32. The molecule has 0 bridgehead atoms. The number of aromatic hydroxyl groups is 1. The smallest absolute Gasteiger partial charge is 0.163 e. The number of carbonyl (C=O) groups excluding carboxylic acids is 1. The lowest BCUT2D eigenvalue weighted by Crippen LogP contribution is -2.29. The van der Waals surface area contributed by atoms with Crippen LogP contribution < -0.4 is 16.2 Å². The van der Waals surface area contributed by atoms with Crippen LogP contribution in [0, 0.1) is 0 Å². The van der Waals surface area contributed by atoms with Crippen molar-refractivity contribution in [2.45, 2.75) is 95.2 Å². The number of aliphatic imine (C=N–C) groups is 1. The van der Waals surface area contributed by atoms with Crippen LogP contribution in [0.5, 0.6) is 11.5 Å². The maximum absolute atomic E-state index is 12.4. The Morgan fingerprint density at radius 3 is 2.72 bits per heavy atom. The average Bonchev–Trinajstić information content (AvgIpc) is 3.73. The number of ketones is 1. The monoisotopic (exact) mass is 586 g/mol. The molecule has 2 aliphatic heterocycles. The van der Waals surface area contributed by atoms with Gasteiger partial charge in [0, 0.05) is 42.8 Å². The Morgan fingerprint density at radius 2 is 1.95 bits per heavy atom. The van der Waals surface area contributed by atoms with Gasteiger partial charge in [-0.1, -0.05) is 69.4 Å². The molecule has 3 aliphatic rings. The lowest BCUT2D eigenvalue weighted by atomic mass is 9.71. The summed E-state index contributed by atoms with van der Waals surface area (Å²) in [5.74, 6) is 0.506. The Labute approximate surface area is 255 Å². The van der Waals surface area contributed by atoms with Gasteiger partial charge < -0.3 is 31.3 Å². The van der Waals surface area contributed by atoms with Crippen molar-refractivity contribution >= 4 is 12.0 Å². The Balaban J connectivity index is 1.21. The van der Waals surface area contributed by atoms with Crippen molar-refractivity contribution in [2.24, 2.45) is 16.5 Å². The summed E-state index contributed by atoms with van der Waals surface area (Å²) in [6.45, 7) is 3.06. The van der Waals surface area contributed by atoms with E-state index in [0.717, 1.165) is 61.8 Å². The van der Waals surface area contributed by atoms with E-state index < -0.39 is 12.3 Å². The number of benzene rings is 2. The van der Waals surface area contributed by atoms with Crippen molar-refractivity contribution in [1.82, 2.24) is 4.90 Å². The van der Waals surface area contributed by atoms with Gasteiger partial charge in [0.1, 0.15) is 5.78 Å². The SMILES string of the molecule is CCCCCC(O)CC(=O)CCc1ccc(O)c(OCN2C=C3N=CC(C4(c5cccc(C(N)N)c5)CCCC4)=C3C2)c1. The van der Waals surface area contributed by atoms with E-state index in [1.807, 2.05) is 24.5 Å². The zero-order valence-electron chi connectivity index (χ0n) is 25.3. The third-order valence-corrected chi connectivity index (χ3v) is 9.14. The first-order chi connectivity index (χ1) is 20.8. The van der Waals surface area contributed by atoms with Gasteiger partial charge in [-0.2, -0.15) is 0 Å². The second-order valence-electron chi connectivity index (χ2n) is 12.3. The molecule has 0 spiro atoms. The number of unbranched alkanes of at least 4 members (excludes halogenated alkanes) is 2. The van der Waals surface area contributed by atoms with Crippen LogP contribution in [0.2, 0.25) is 0 Å². The summed E-state index contributed by atoms with van der Waals surface area (Å²) in [7, 11) is 0. The largest absolute Gasteiger partial charge is 0.504 e. The molecule has 43 heavy (non-hydrogen) atoms. The van der Waals surface area contributed by atoms with Crippen LogP contribution in [0.4, 0.5) is 0 Å². The van der Waals surface area contributed by atoms with Gasteiger partial charge in [-0.25, -0.2) is 0 Å². The van der Waals surface area contributed by atoms with Gasteiger partial charge in [0.15, 0.2) is 18.2 Å². The van der Waals surface area contributed by atoms with Crippen molar-refractivity contribution in [3.8, 4) is 11.5 Å². The molecule has 2 heterocycles. The summed E-state index contributed by atoms with van der Waals surface area (Å²) in [5.41, 5.74) is 18.5. The van der Waals surface area contributed by atoms with Crippen LogP contribution in [0.25, 0.3) is 0 Å². The second kappa shape index (κ2) is 13.9. The summed E-state index contributed by atoms with van der Waals surface area (Å²) >= 11 is 0. The zero-order valence-corrected chi connectivity index (χ0v) is 25.3. The molecule has 8 nitrogen and oxygen atoms in total. The maximum Gasteiger partial charge on any atom is 0.163 e. The molecule has 1 atom stereocenters. The molecule has 0 saturated heterocycles. The van der Waals surface area contributed by atoms with Crippen molar-refractivity contribution in [1.29, 1.82) is 0 Å². The van der Waals surface area contributed by atoms with E-state index >= 15 is 0 Å².